The molecule has 3 N–H and O–H groups in total. The number of methoxy groups -OCH3 is 1. The molecule has 1 aromatic rings. The number of aliphatic hydroxyl groups is 1. The number of hydrogen-bond acceptors (Lipinski definition) is 4. The molecule has 0 fully saturated rings. The Hall–Kier alpha value is -1.53. The van der Waals surface area contributed by atoms with E-state index in [-0.39, 0.29) is 11.1 Å². The fourth-order valence-corrected chi connectivity index (χ4v) is 1.39. The Morgan fingerprint density at radius 3 is 2.65 bits per heavy atom. The van der Waals surface area contributed by atoms with Gasteiger partial charge in [-0.1, -0.05) is 18.2 Å². The van der Waals surface area contributed by atoms with E-state index in [9.17, 15) is 13.6 Å². The number of rotatable bonds is 4. The number of carbonyl (C=O) groups is 1. The lowest BCUT2D eigenvalue weighted by atomic mass is 9.96. The predicted octanol–water partition coefficient (Wildman–Crippen LogP) is 1.10. The van der Waals surface area contributed by atoms with Crippen molar-refractivity contribution in [2.45, 2.75) is 12.0 Å². The second-order valence-corrected chi connectivity index (χ2v) is 3.48. The van der Waals surface area contributed by atoms with Gasteiger partial charge in [-0.15, -0.1) is 0 Å². The van der Waals surface area contributed by atoms with Crippen LogP contribution in [-0.2, 0) is 4.74 Å². The third-order valence-corrected chi connectivity index (χ3v) is 2.37. The topological polar surface area (TPSA) is 72.5 Å². The lowest BCUT2D eigenvalue weighted by molar-refractivity contribution is -0.0713. The first-order valence-electron chi connectivity index (χ1n) is 4.85. The Bertz CT molecular complexity index is 409. The Kier molecular flexibility index (Phi) is 4.14. The van der Waals surface area contributed by atoms with Gasteiger partial charge in [-0.3, -0.25) is 0 Å². The standard InChI is InChI=1S/C11H13F2NO3/c1-17-10(16)8-5-3-2-4-7(8)9(14)11(12,13)6-15/h2-5,9,15H,6,14H2,1H3/t9-/m1/s1. The van der Waals surface area contributed by atoms with Crippen LogP contribution in [0.3, 0.4) is 0 Å². The van der Waals surface area contributed by atoms with Gasteiger partial charge in [0, 0.05) is 0 Å². The van der Waals surface area contributed by atoms with Gasteiger partial charge in [0.05, 0.1) is 18.7 Å². The fraction of sp³-hybridized carbons (Fsp3) is 0.364. The number of nitrogens with two attached hydrogens (primary N) is 1. The van der Waals surface area contributed by atoms with Gasteiger partial charge in [0.25, 0.3) is 5.92 Å². The van der Waals surface area contributed by atoms with E-state index < -0.39 is 24.5 Å². The first kappa shape index (κ1) is 13.5. The van der Waals surface area contributed by atoms with Gasteiger partial charge in [-0.05, 0) is 11.6 Å². The maximum absolute atomic E-state index is 13.3. The summed E-state index contributed by atoms with van der Waals surface area (Å²) in [5.41, 5.74) is 5.27. The van der Waals surface area contributed by atoms with Crippen molar-refractivity contribution >= 4 is 5.97 Å². The van der Waals surface area contributed by atoms with Crippen LogP contribution < -0.4 is 5.73 Å². The van der Waals surface area contributed by atoms with E-state index >= 15 is 0 Å². The van der Waals surface area contributed by atoms with E-state index in [1.165, 1.54) is 24.3 Å². The second-order valence-electron chi connectivity index (χ2n) is 3.48. The highest BCUT2D eigenvalue weighted by Gasteiger charge is 2.39. The minimum atomic E-state index is -3.50. The number of hydrogen-bond donors (Lipinski definition) is 2. The zero-order chi connectivity index (χ0) is 13.1. The van der Waals surface area contributed by atoms with Gasteiger partial charge in [-0.2, -0.15) is 0 Å². The van der Waals surface area contributed by atoms with E-state index in [2.05, 4.69) is 4.74 Å². The minimum absolute atomic E-state index is 0.0318. The molecule has 0 aliphatic carbocycles. The van der Waals surface area contributed by atoms with Gasteiger partial charge < -0.3 is 15.6 Å². The molecular formula is C11H13F2NO3. The third kappa shape index (κ3) is 2.78. The Balaban J connectivity index is 3.18. The van der Waals surface area contributed by atoms with E-state index in [0.29, 0.717) is 0 Å². The zero-order valence-corrected chi connectivity index (χ0v) is 9.19. The quantitative estimate of drug-likeness (QED) is 0.779. The van der Waals surface area contributed by atoms with Gasteiger partial charge in [-0.25, -0.2) is 13.6 Å². The molecule has 94 valence electrons. The molecule has 17 heavy (non-hydrogen) atoms. The Morgan fingerprint density at radius 1 is 1.53 bits per heavy atom. The SMILES string of the molecule is COC(=O)c1ccccc1[C@@H](N)C(F)(F)CO. The Labute approximate surface area is 97.0 Å². The molecule has 0 aliphatic rings. The molecule has 4 nitrogen and oxygen atoms in total. The summed E-state index contributed by atoms with van der Waals surface area (Å²) in [6.07, 6.45) is 0. The van der Waals surface area contributed by atoms with Crippen molar-refractivity contribution in [1.82, 2.24) is 0 Å². The van der Waals surface area contributed by atoms with Crippen molar-refractivity contribution < 1.29 is 23.4 Å². The van der Waals surface area contributed by atoms with Gasteiger partial charge in [0.15, 0.2) is 0 Å². The highest BCUT2D eigenvalue weighted by molar-refractivity contribution is 5.91. The molecule has 0 aromatic heterocycles. The predicted molar refractivity (Wildman–Crippen MR) is 56.7 cm³/mol. The summed E-state index contributed by atoms with van der Waals surface area (Å²) >= 11 is 0. The summed E-state index contributed by atoms with van der Waals surface area (Å²) in [4.78, 5) is 11.4. The lowest BCUT2D eigenvalue weighted by Crippen LogP contribution is -2.37. The van der Waals surface area contributed by atoms with E-state index in [1.807, 2.05) is 0 Å². The molecule has 1 rings (SSSR count). The van der Waals surface area contributed by atoms with Gasteiger partial charge in [0.2, 0.25) is 0 Å². The number of esters is 1. The first-order valence-corrected chi connectivity index (χ1v) is 4.85. The molecule has 1 atom stereocenters. The highest BCUT2D eigenvalue weighted by Crippen LogP contribution is 2.30. The highest BCUT2D eigenvalue weighted by atomic mass is 19.3. The summed E-state index contributed by atoms with van der Waals surface area (Å²) < 4.78 is 31.0. The normalized spacial score (nSPS) is 13.2. The summed E-state index contributed by atoms with van der Waals surface area (Å²) in [6.45, 7) is -1.39. The molecule has 1 aromatic carbocycles. The van der Waals surface area contributed by atoms with E-state index in [0.717, 1.165) is 7.11 Å². The van der Waals surface area contributed by atoms with Crippen molar-refractivity contribution in [3.63, 3.8) is 0 Å². The number of aliphatic hydroxyl groups excluding tert-OH is 1. The molecule has 0 bridgehead atoms. The molecule has 0 saturated carbocycles. The van der Waals surface area contributed by atoms with Crippen LogP contribution >= 0.6 is 0 Å². The molecule has 0 saturated heterocycles. The van der Waals surface area contributed by atoms with Crippen LogP contribution in [0.2, 0.25) is 0 Å². The molecule has 6 heteroatoms. The van der Waals surface area contributed by atoms with Crippen LogP contribution in [0.25, 0.3) is 0 Å². The number of halogens is 2. The molecule has 0 unspecified atom stereocenters. The van der Waals surface area contributed by atoms with Crippen molar-refractivity contribution in [3.05, 3.63) is 35.4 Å². The molecule has 0 amide bonds. The summed E-state index contributed by atoms with van der Waals surface area (Å²) in [6, 6.07) is 3.88. The van der Waals surface area contributed by atoms with Crippen LogP contribution in [0.4, 0.5) is 8.78 Å². The largest absolute Gasteiger partial charge is 0.465 e. The van der Waals surface area contributed by atoms with Crippen molar-refractivity contribution in [3.8, 4) is 0 Å². The van der Waals surface area contributed by atoms with Crippen LogP contribution in [0, 0.1) is 0 Å². The van der Waals surface area contributed by atoms with Crippen LogP contribution in [0.15, 0.2) is 24.3 Å². The monoisotopic (exact) mass is 245 g/mol. The molecule has 0 radical (unpaired) electrons. The fourth-order valence-electron chi connectivity index (χ4n) is 1.39. The molecule has 0 aliphatic heterocycles. The van der Waals surface area contributed by atoms with Crippen molar-refractivity contribution in [1.29, 1.82) is 0 Å². The van der Waals surface area contributed by atoms with Crippen LogP contribution in [0.1, 0.15) is 22.0 Å². The maximum Gasteiger partial charge on any atom is 0.338 e. The molecule has 0 spiro atoms. The van der Waals surface area contributed by atoms with Crippen molar-refractivity contribution in [2.24, 2.45) is 5.73 Å². The minimum Gasteiger partial charge on any atom is -0.465 e. The van der Waals surface area contributed by atoms with E-state index in [4.69, 9.17) is 10.8 Å². The van der Waals surface area contributed by atoms with Crippen LogP contribution in [-0.4, -0.2) is 30.7 Å². The molecule has 0 heterocycles. The number of carbonyl (C=O) groups excluding carboxylic acids is 1. The first-order chi connectivity index (χ1) is 7.94. The average Bonchev–Trinajstić information content (AvgIpc) is 2.36. The van der Waals surface area contributed by atoms with E-state index in [1.54, 1.807) is 0 Å². The average molecular weight is 245 g/mol. The summed E-state index contributed by atoms with van der Waals surface area (Å²) in [5, 5.41) is 8.57. The second kappa shape index (κ2) is 5.20. The third-order valence-electron chi connectivity index (χ3n) is 2.37. The zero-order valence-electron chi connectivity index (χ0n) is 9.19. The number of alkyl halides is 2. The van der Waals surface area contributed by atoms with Crippen LogP contribution in [0.5, 0.6) is 0 Å². The summed E-state index contributed by atoms with van der Waals surface area (Å²) in [7, 11) is 1.15. The van der Waals surface area contributed by atoms with Gasteiger partial charge in [0.1, 0.15) is 6.61 Å². The number of benzene rings is 1. The number of ether oxygens (including phenoxy) is 1. The smallest absolute Gasteiger partial charge is 0.338 e. The lowest BCUT2D eigenvalue weighted by Gasteiger charge is -2.23. The molecular weight excluding hydrogens is 232 g/mol. The van der Waals surface area contributed by atoms with Gasteiger partial charge >= 0.3 is 5.97 Å². The Morgan fingerprint density at radius 2 is 2.12 bits per heavy atom. The maximum atomic E-state index is 13.3. The van der Waals surface area contributed by atoms with Crippen molar-refractivity contribution in [2.75, 3.05) is 13.7 Å². The summed E-state index contributed by atoms with van der Waals surface area (Å²) in [5.74, 6) is -4.24.